The lowest BCUT2D eigenvalue weighted by molar-refractivity contribution is -0.144. The predicted molar refractivity (Wildman–Crippen MR) is 75.4 cm³/mol. The summed E-state index contributed by atoms with van der Waals surface area (Å²) in [5.74, 6) is -1.62. The van der Waals surface area contributed by atoms with Gasteiger partial charge in [0.2, 0.25) is 0 Å². The van der Waals surface area contributed by atoms with Gasteiger partial charge in [0.15, 0.2) is 0 Å². The van der Waals surface area contributed by atoms with Gasteiger partial charge < -0.3 is 10.4 Å². The zero-order chi connectivity index (χ0) is 14.6. The lowest BCUT2D eigenvalue weighted by Gasteiger charge is -2.28. The Hall–Kier alpha value is -1.14. The Kier molecular flexibility index (Phi) is 5.31. The van der Waals surface area contributed by atoms with Crippen molar-refractivity contribution < 1.29 is 14.7 Å². The molecule has 0 aliphatic carbocycles. The number of amides is 1. The zero-order valence-electron chi connectivity index (χ0n) is 10.5. The van der Waals surface area contributed by atoms with Crippen LogP contribution in [-0.4, -0.2) is 27.5 Å². The lowest BCUT2D eigenvalue weighted by Crippen LogP contribution is -2.53. The number of hydrogen-bond acceptors (Lipinski definition) is 3. The van der Waals surface area contributed by atoms with Crippen LogP contribution in [-0.2, 0) is 4.79 Å². The lowest BCUT2D eigenvalue weighted by atomic mass is 9.92. The zero-order valence-corrected chi connectivity index (χ0v) is 12.9. The first-order valence-electron chi connectivity index (χ1n) is 5.73. The highest BCUT2D eigenvalue weighted by molar-refractivity contribution is 9.10. The Morgan fingerprint density at radius 1 is 1.47 bits per heavy atom. The van der Waals surface area contributed by atoms with Crippen LogP contribution < -0.4 is 5.32 Å². The fourth-order valence-electron chi connectivity index (χ4n) is 1.65. The molecule has 0 aliphatic rings. The summed E-state index contributed by atoms with van der Waals surface area (Å²) in [7, 11) is 0. The fourth-order valence-corrected chi connectivity index (χ4v) is 2.17. The molecule has 0 aromatic carbocycles. The molecule has 0 fully saturated rings. The molecule has 1 aromatic rings. The summed E-state index contributed by atoms with van der Waals surface area (Å²) in [6.07, 6.45) is 2.02. The van der Waals surface area contributed by atoms with Gasteiger partial charge in [-0.1, -0.05) is 25.4 Å². The molecule has 104 valence electrons. The molecular formula is C12H14BrClN2O3. The third kappa shape index (κ3) is 3.45. The largest absolute Gasteiger partial charge is 0.480 e. The van der Waals surface area contributed by atoms with Gasteiger partial charge >= 0.3 is 5.97 Å². The molecule has 0 aliphatic heterocycles. The van der Waals surface area contributed by atoms with Crippen molar-refractivity contribution in [3.8, 4) is 0 Å². The molecule has 0 atom stereocenters. The van der Waals surface area contributed by atoms with Crippen molar-refractivity contribution in [1.29, 1.82) is 0 Å². The second-order valence-electron chi connectivity index (χ2n) is 4.04. The molecule has 1 aromatic heterocycles. The number of carbonyl (C=O) groups is 2. The molecule has 19 heavy (non-hydrogen) atoms. The second-order valence-corrected chi connectivity index (χ2v) is 5.31. The Bertz CT molecular complexity index is 504. The first-order chi connectivity index (χ1) is 8.86. The van der Waals surface area contributed by atoms with Gasteiger partial charge in [-0.3, -0.25) is 4.79 Å². The van der Waals surface area contributed by atoms with E-state index < -0.39 is 17.4 Å². The molecule has 0 saturated carbocycles. The highest BCUT2D eigenvalue weighted by Crippen LogP contribution is 2.21. The van der Waals surface area contributed by atoms with Crippen molar-refractivity contribution in [1.82, 2.24) is 10.3 Å². The van der Waals surface area contributed by atoms with Crippen LogP contribution in [0.2, 0.25) is 5.15 Å². The van der Waals surface area contributed by atoms with E-state index in [1.54, 1.807) is 13.8 Å². The van der Waals surface area contributed by atoms with Gasteiger partial charge in [0.05, 0.1) is 5.56 Å². The van der Waals surface area contributed by atoms with Gasteiger partial charge in [-0.25, -0.2) is 9.78 Å². The van der Waals surface area contributed by atoms with Gasteiger partial charge in [-0.05, 0) is 34.8 Å². The van der Waals surface area contributed by atoms with Crippen molar-refractivity contribution in [2.24, 2.45) is 0 Å². The summed E-state index contributed by atoms with van der Waals surface area (Å²) >= 11 is 9.04. The highest BCUT2D eigenvalue weighted by Gasteiger charge is 2.37. The Labute approximate surface area is 124 Å². The SMILES string of the molecule is CCC(CC)(NC(=O)c1cc(Br)cnc1Cl)C(=O)O. The number of nitrogens with one attached hydrogen (secondary N) is 1. The van der Waals surface area contributed by atoms with Crippen LogP contribution in [0.1, 0.15) is 37.0 Å². The standard InChI is InChI=1S/C12H14BrClN2O3/c1-3-12(4-2,11(18)19)16-10(17)8-5-7(13)6-15-9(8)14/h5-6H,3-4H2,1-2H3,(H,16,17)(H,18,19). The molecule has 0 radical (unpaired) electrons. The minimum absolute atomic E-state index is 0.0344. The number of hydrogen-bond donors (Lipinski definition) is 2. The van der Waals surface area contributed by atoms with Gasteiger partial charge in [-0.15, -0.1) is 0 Å². The molecule has 0 bridgehead atoms. The summed E-state index contributed by atoms with van der Waals surface area (Å²) in [5, 5.41) is 11.8. The van der Waals surface area contributed by atoms with Crippen molar-refractivity contribution >= 4 is 39.4 Å². The minimum Gasteiger partial charge on any atom is -0.480 e. The van der Waals surface area contributed by atoms with E-state index in [0.717, 1.165) is 0 Å². The minimum atomic E-state index is -1.29. The van der Waals surface area contributed by atoms with Crippen molar-refractivity contribution in [2.45, 2.75) is 32.2 Å². The molecule has 0 saturated heterocycles. The Balaban J connectivity index is 3.07. The summed E-state index contributed by atoms with van der Waals surface area (Å²) in [4.78, 5) is 27.3. The van der Waals surface area contributed by atoms with E-state index in [-0.39, 0.29) is 23.6 Å². The average molecular weight is 350 g/mol. The molecule has 0 spiro atoms. The Morgan fingerprint density at radius 3 is 2.53 bits per heavy atom. The van der Waals surface area contributed by atoms with Gasteiger partial charge in [0.1, 0.15) is 10.7 Å². The summed E-state index contributed by atoms with van der Waals surface area (Å²) < 4.78 is 0.593. The first kappa shape index (κ1) is 15.9. The second kappa shape index (κ2) is 6.34. The van der Waals surface area contributed by atoms with Crippen LogP contribution in [0.25, 0.3) is 0 Å². The third-order valence-electron chi connectivity index (χ3n) is 3.02. The molecule has 7 heteroatoms. The number of rotatable bonds is 5. The molecule has 5 nitrogen and oxygen atoms in total. The monoisotopic (exact) mass is 348 g/mol. The van der Waals surface area contributed by atoms with E-state index in [1.807, 2.05) is 0 Å². The maximum absolute atomic E-state index is 12.1. The number of carboxylic acids is 1. The topological polar surface area (TPSA) is 79.3 Å². The number of carboxylic acid groups (broad SMARTS) is 1. The molecule has 1 amide bonds. The van der Waals surface area contributed by atoms with E-state index in [2.05, 4.69) is 26.2 Å². The van der Waals surface area contributed by atoms with Crippen LogP contribution in [0.4, 0.5) is 0 Å². The smallest absolute Gasteiger partial charge is 0.329 e. The molecule has 0 unspecified atom stereocenters. The van der Waals surface area contributed by atoms with Crippen molar-refractivity contribution in [3.05, 3.63) is 27.5 Å². The normalized spacial score (nSPS) is 11.2. The fraction of sp³-hybridized carbons (Fsp3) is 0.417. The number of aliphatic carboxylic acids is 1. The van der Waals surface area contributed by atoms with Crippen LogP contribution in [0.3, 0.4) is 0 Å². The third-order valence-corrected chi connectivity index (χ3v) is 3.75. The Morgan fingerprint density at radius 2 is 2.05 bits per heavy atom. The molecular weight excluding hydrogens is 336 g/mol. The maximum Gasteiger partial charge on any atom is 0.329 e. The van der Waals surface area contributed by atoms with Crippen molar-refractivity contribution in [2.75, 3.05) is 0 Å². The first-order valence-corrected chi connectivity index (χ1v) is 6.90. The van der Waals surface area contributed by atoms with Crippen LogP contribution in [0.5, 0.6) is 0 Å². The van der Waals surface area contributed by atoms with Crippen LogP contribution >= 0.6 is 27.5 Å². The van der Waals surface area contributed by atoms with E-state index in [1.165, 1.54) is 12.3 Å². The van der Waals surface area contributed by atoms with Gasteiger partial charge in [0.25, 0.3) is 5.91 Å². The quantitative estimate of drug-likeness (QED) is 0.801. The number of nitrogens with zero attached hydrogens (tertiary/aromatic N) is 1. The number of aromatic nitrogens is 1. The van der Waals surface area contributed by atoms with Gasteiger partial charge in [0, 0.05) is 10.7 Å². The average Bonchev–Trinajstić information content (AvgIpc) is 2.38. The maximum atomic E-state index is 12.1. The van der Waals surface area contributed by atoms with Crippen LogP contribution in [0.15, 0.2) is 16.7 Å². The van der Waals surface area contributed by atoms with E-state index in [9.17, 15) is 14.7 Å². The van der Waals surface area contributed by atoms with E-state index >= 15 is 0 Å². The van der Waals surface area contributed by atoms with E-state index in [4.69, 9.17) is 11.6 Å². The number of pyridine rings is 1. The van der Waals surface area contributed by atoms with E-state index in [0.29, 0.717) is 4.47 Å². The molecule has 1 heterocycles. The number of halogens is 2. The van der Waals surface area contributed by atoms with Crippen molar-refractivity contribution in [3.63, 3.8) is 0 Å². The number of carbonyl (C=O) groups excluding carboxylic acids is 1. The summed E-state index contributed by atoms with van der Waals surface area (Å²) in [6, 6.07) is 1.50. The highest BCUT2D eigenvalue weighted by atomic mass is 79.9. The van der Waals surface area contributed by atoms with Crippen LogP contribution in [0, 0.1) is 0 Å². The summed E-state index contributed by atoms with van der Waals surface area (Å²) in [5.41, 5.74) is -1.15. The summed E-state index contributed by atoms with van der Waals surface area (Å²) in [6.45, 7) is 3.41. The predicted octanol–water partition coefficient (Wildman–Crippen LogP) is 2.87. The molecule has 2 N–H and O–H groups in total. The van der Waals surface area contributed by atoms with Gasteiger partial charge in [-0.2, -0.15) is 0 Å². The molecule has 1 rings (SSSR count).